The van der Waals surface area contributed by atoms with Crippen LogP contribution >= 0.6 is 35.3 Å². The zero-order valence-corrected chi connectivity index (χ0v) is 21.6. The molecule has 1 aromatic rings. The summed E-state index contributed by atoms with van der Waals surface area (Å²) in [5.74, 6) is 1.20. The molecule has 0 aromatic carbocycles. The molecular weight excluding hydrogens is 513 g/mol. The first-order valence-corrected chi connectivity index (χ1v) is 11.5. The van der Waals surface area contributed by atoms with Gasteiger partial charge >= 0.3 is 0 Å². The average Bonchev–Trinajstić information content (AvgIpc) is 3.03. The molecule has 2 aliphatic rings. The highest BCUT2D eigenvalue weighted by Gasteiger charge is 2.23. The SMILES string of the molecule is CN=C(NCc1csc(N(C)C)n1)N1CCN(CC(=O)N2CCCCCC2)CC1.I. The smallest absolute Gasteiger partial charge is 0.236 e. The van der Waals surface area contributed by atoms with Gasteiger partial charge in [-0.05, 0) is 12.8 Å². The number of halogens is 1. The Morgan fingerprint density at radius 2 is 1.77 bits per heavy atom. The quantitative estimate of drug-likeness (QED) is 0.344. The van der Waals surface area contributed by atoms with Crippen molar-refractivity contribution in [3.05, 3.63) is 11.1 Å². The highest BCUT2D eigenvalue weighted by molar-refractivity contribution is 14.0. The number of guanidine groups is 1. The van der Waals surface area contributed by atoms with Crippen molar-refractivity contribution < 1.29 is 4.79 Å². The summed E-state index contributed by atoms with van der Waals surface area (Å²) < 4.78 is 0. The molecule has 3 rings (SSSR count). The molecule has 2 saturated heterocycles. The van der Waals surface area contributed by atoms with Gasteiger partial charge in [0.15, 0.2) is 11.1 Å². The molecule has 2 aliphatic heterocycles. The summed E-state index contributed by atoms with van der Waals surface area (Å²) >= 11 is 1.65. The molecule has 1 N–H and O–H groups in total. The maximum Gasteiger partial charge on any atom is 0.236 e. The summed E-state index contributed by atoms with van der Waals surface area (Å²) in [6, 6.07) is 0. The van der Waals surface area contributed by atoms with Gasteiger partial charge in [-0.15, -0.1) is 35.3 Å². The molecule has 8 nitrogen and oxygen atoms in total. The molecule has 0 aliphatic carbocycles. The normalized spacial score (nSPS) is 18.6. The maximum absolute atomic E-state index is 12.6. The van der Waals surface area contributed by atoms with Gasteiger partial charge in [0.25, 0.3) is 0 Å². The standard InChI is InChI=1S/C20H35N7OS.HI/c1-21-19(22-14-17-16-29-20(23-17)24(2)3)27-12-10-25(11-13-27)15-18(28)26-8-6-4-5-7-9-26;/h16H,4-15H2,1-3H3,(H,21,22);1H. The lowest BCUT2D eigenvalue weighted by atomic mass is 10.2. The molecule has 0 spiro atoms. The average molecular weight is 550 g/mol. The summed E-state index contributed by atoms with van der Waals surface area (Å²) in [6.45, 7) is 6.63. The molecule has 0 bridgehead atoms. The van der Waals surface area contributed by atoms with Crippen molar-refractivity contribution in [1.29, 1.82) is 0 Å². The Balaban J connectivity index is 0.00000320. The number of piperazine rings is 1. The van der Waals surface area contributed by atoms with Crippen molar-refractivity contribution in [2.45, 2.75) is 32.2 Å². The van der Waals surface area contributed by atoms with Crippen molar-refractivity contribution >= 4 is 52.3 Å². The van der Waals surface area contributed by atoms with E-state index in [1.807, 2.05) is 26.0 Å². The Hall–Kier alpha value is -1.14. The van der Waals surface area contributed by atoms with E-state index in [-0.39, 0.29) is 24.0 Å². The molecular formula is C20H36IN7OS. The lowest BCUT2D eigenvalue weighted by molar-refractivity contribution is -0.132. The Morgan fingerprint density at radius 1 is 1.10 bits per heavy atom. The summed E-state index contributed by atoms with van der Waals surface area (Å²) in [5.41, 5.74) is 1.03. The van der Waals surface area contributed by atoms with E-state index in [4.69, 9.17) is 0 Å². The number of nitrogens with one attached hydrogen (secondary N) is 1. The van der Waals surface area contributed by atoms with Gasteiger partial charge in [0.2, 0.25) is 5.91 Å². The molecule has 170 valence electrons. The van der Waals surface area contributed by atoms with Crippen LogP contribution in [0.5, 0.6) is 0 Å². The van der Waals surface area contributed by atoms with Gasteiger partial charge in [0.05, 0.1) is 18.8 Å². The highest BCUT2D eigenvalue weighted by Crippen LogP contribution is 2.17. The van der Waals surface area contributed by atoms with Gasteiger partial charge in [0, 0.05) is 65.8 Å². The Labute approximate surface area is 201 Å². The number of hydrogen-bond acceptors (Lipinski definition) is 6. The highest BCUT2D eigenvalue weighted by atomic mass is 127. The molecule has 1 aromatic heterocycles. The van der Waals surface area contributed by atoms with E-state index in [0.29, 0.717) is 19.0 Å². The van der Waals surface area contributed by atoms with Gasteiger partial charge in [-0.3, -0.25) is 14.7 Å². The van der Waals surface area contributed by atoms with Crippen LogP contribution in [-0.2, 0) is 11.3 Å². The molecule has 30 heavy (non-hydrogen) atoms. The fourth-order valence-electron chi connectivity index (χ4n) is 3.81. The summed E-state index contributed by atoms with van der Waals surface area (Å²) in [7, 11) is 5.84. The van der Waals surface area contributed by atoms with Crippen LogP contribution in [0, 0.1) is 0 Å². The lowest BCUT2D eigenvalue weighted by Crippen LogP contribution is -2.54. The van der Waals surface area contributed by atoms with Gasteiger partial charge < -0.3 is 20.0 Å². The second-order valence-corrected chi connectivity index (χ2v) is 8.81. The van der Waals surface area contributed by atoms with E-state index in [1.54, 1.807) is 11.3 Å². The fourth-order valence-corrected chi connectivity index (χ4v) is 4.57. The van der Waals surface area contributed by atoms with E-state index in [9.17, 15) is 4.79 Å². The number of aromatic nitrogens is 1. The first-order valence-electron chi connectivity index (χ1n) is 10.6. The molecule has 0 saturated carbocycles. The minimum Gasteiger partial charge on any atom is -0.354 e. The van der Waals surface area contributed by atoms with Crippen LogP contribution in [0.3, 0.4) is 0 Å². The topological polar surface area (TPSA) is 67.3 Å². The Morgan fingerprint density at radius 3 is 2.33 bits per heavy atom. The van der Waals surface area contributed by atoms with E-state index >= 15 is 0 Å². The zero-order valence-electron chi connectivity index (χ0n) is 18.5. The van der Waals surface area contributed by atoms with Gasteiger partial charge in [-0.25, -0.2) is 4.98 Å². The molecule has 1 amide bonds. The molecule has 10 heteroatoms. The molecule has 2 fully saturated rings. The second kappa shape index (κ2) is 12.7. The van der Waals surface area contributed by atoms with Gasteiger partial charge in [-0.1, -0.05) is 12.8 Å². The van der Waals surface area contributed by atoms with Crippen LogP contribution in [0.15, 0.2) is 10.4 Å². The number of amides is 1. The van der Waals surface area contributed by atoms with Gasteiger partial charge in [-0.2, -0.15) is 0 Å². The minimum atomic E-state index is 0. The van der Waals surface area contributed by atoms with Crippen molar-refractivity contribution in [1.82, 2.24) is 25.0 Å². The lowest BCUT2D eigenvalue weighted by Gasteiger charge is -2.36. The number of thiazole rings is 1. The van der Waals surface area contributed by atoms with E-state index in [0.717, 1.165) is 68.9 Å². The third-order valence-corrected chi connectivity index (χ3v) is 6.61. The van der Waals surface area contributed by atoms with Crippen LogP contribution in [0.2, 0.25) is 0 Å². The van der Waals surface area contributed by atoms with E-state index < -0.39 is 0 Å². The molecule has 0 radical (unpaired) electrons. The Bertz CT molecular complexity index is 680. The largest absolute Gasteiger partial charge is 0.354 e. The predicted octanol–water partition coefficient (Wildman–Crippen LogP) is 1.92. The number of aliphatic imine (C=N–C) groups is 1. The third-order valence-electron chi connectivity index (χ3n) is 5.55. The number of carbonyl (C=O) groups excluding carboxylic acids is 1. The second-order valence-electron chi connectivity index (χ2n) is 7.97. The van der Waals surface area contributed by atoms with Crippen molar-refractivity contribution in [2.75, 3.05) is 71.9 Å². The van der Waals surface area contributed by atoms with Gasteiger partial charge in [0.1, 0.15) is 0 Å². The van der Waals surface area contributed by atoms with E-state index in [1.165, 1.54) is 12.8 Å². The zero-order chi connectivity index (χ0) is 20.6. The van der Waals surface area contributed by atoms with Crippen molar-refractivity contribution in [3.8, 4) is 0 Å². The monoisotopic (exact) mass is 549 g/mol. The first-order chi connectivity index (χ1) is 14.1. The summed E-state index contributed by atoms with van der Waals surface area (Å²) in [6.07, 6.45) is 4.81. The number of nitrogens with zero attached hydrogens (tertiary/aromatic N) is 6. The number of likely N-dealkylation sites (tertiary alicyclic amines) is 1. The summed E-state index contributed by atoms with van der Waals surface area (Å²) in [5, 5.41) is 6.53. The molecule has 0 atom stereocenters. The van der Waals surface area contributed by atoms with Crippen LogP contribution in [0.1, 0.15) is 31.4 Å². The number of hydrogen-bond donors (Lipinski definition) is 1. The predicted molar refractivity (Wildman–Crippen MR) is 135 cm³/mol. The summed E-state index contributed by atoms with van der Waals surface area (Å²) in [4.78, 5) is 30.3. The molecule has 0 unspecified atom stereocenters. The third kappa shape index (κ3) is 7.23. The van der Waals surface area contributed by atoms with Crippen LogP contribution < -0.4 is 10.2 Å². The Kier molecular flexibility index (Phi) is 10.6. The van der Waals surface area contributed by atoms with Crippen molar-refractivity contribution in [3.63, 3.8) is 0 Å². The maximum atomic E-state index is 12.6. The van der Waals surface area contributed by atoms with Crippen LogP contribution in [0.4, 0.5) is 5.13 Å². The van der Waals surface area contributed by atoms with E-state index in [2.05, 4.69) is 35.4 Å². The number of carbonyl (C=O) groups is 1. The fraction of sp³-hybridized carbons (Fsp3) is 0.750. The van der Waals surface area contributed by atoms with Crippen molar-refractivity contribution in [2.24, 2.45) is 4.99 Å². The molecule has 3 heterocycles. The number of anilines is 1. The van der Waals surface area contributed by atoms with Crippen LogP contribution in [0.25, 0.3) is 0 Å². The number of rotatable bonds is 5. The van der Waals surface area contributed by atoms with Crippen LogP contribution in [-0.4, -0.2) is 98.5 Å². The first kappa shape index (κ1) is 25.1. The minimum absolute atomic E-state index is 0.